The zero-order chi connectivity index (χ0) is 14.8. The Kier molecular flexibility index (Phi) is 7.12. The maximum absolute atomic E-state index is 3.63. The van der Waals surface area contributed by atoms with Crippen molar-refractivity contribution in [3.05, 3.63) is 66.5 Å². The monoisotopic (exact) mass is 268 g/mol. The molecule has 0 aromatic rings. The van der Waals surface area contributed by atoms with Crippen molar-refractivity contribution in [3.63, 3.8) is 0 Å². The average Bonchev–Trinajstić information content (AvgIpc) is 2.63. The van der Waals surface area contributed by atoms with Gasteiger partial charge in [-0.3, -0.25) is 0 Å². The van der Waals surface area contributed by atoms with Gasteiger partial charge in [0.1, 0.15) is 0 Å². The van der Waals surface area contributed by atoms with Gasteiger partial charge in [0.05, 0.1) is 0 Å². The molecule has 0 aromatic heterocycles. The molecular weight excluding hydrogens is 240 g/mol. The normalized spacial score (nSPS) is 19.9. The van der Waals surface area contributed by atoms with Crippen LogP contribution in [0, 0.1) is 11.3 Å². The summed E-state index contributed by atoms with van der Waals surface area (Å²) in [4.78, 5) is 0. The van der Waals surface area contributed by atoms with Gasteiger partial charge in [-0.2, -0.15) is 0 Å². The lowest BCUT2D eigenvalue weighted by molar-refractivity contribution is 0.582. The second-order valence-corrected chi connectivity index (χ2v) is 6.02. The van der Waals surface area contributed by atoms with E-state index in [0.29, 0.717) is 0 Å². The fraction of sp³-hybridized carbons (Fsp3) is 0.450. The molecule has 0 saturated carbocycles. The topological polar surface area (TPSA) is 0 Å². The predicted molar refractivity (Wildman–Crippen MR) is 90.6 cm³/mol. The molecule has 1 atom stereocenters. The summed E-state index contributed by atoms with van der Waals surface area (Å²) in [5, 5.41) is 0. The van der Waals surface area contributed by atoms with Crippen molar-refractivity contribution >= 4 is 0 Å². The maximum atomic E-state index is 3.63. The number of hydrogen-bond acceptors (Lipinski definition) is 0. The third-order valence-corrected chi connectivity index (χ3v) is 3.61. The predicted octanol–water partition coefficient (Wildman–Crippen LogP) is 6.16. The molecule has 0 fully saturated rings. The molecule has 20 heavy (non-hydrogen) atoms. The molecule has 1 unspecified atom stereocenters. The highest BCUT2D eigenvalue weighted by Gasteiger charge is 2.07. The molecule has 0 heteroatoms. The van der Waals surface area contributed by atoms with E-state index in [2.05, 4.69) is 75.6 Å². The van der Waals surface area contributed by atoms with Gasteiger partial charge < -0.3 is 0 Å². The first-order valence-corrected chi connectivity index (χ1v) is 7.67. The Morgan fingerprint density at radius 3 is 2.90 bits per heavy atom. The van der Waals surface area contributed by atoms with Gasteiger partial charge in [-0.25, -0.2) is 0 Å². The zero-order valence-corrected chi connectivity index (χ0v) is 13.2. The van der Waals surface area contributed by atoms with E-state index in [1.54, 1.807) is 0 Å². The second-order valence-electron chi connectivity index (χ2n) is 6.02. The van der Waals surface area contributed by atoms with E-state index >= 15 is 0 Å². The number of hydrogen-bond donors (Lipinski definition) is 0. The van der Waals surface area contributed by atoms with E-state index in [1.165, 1.54) is 24.8 Å². The summed E-state index contributed by atoms with van der Waals surface area (Å²) in [6.45, 7) is 10.2. The highest BCUT2D eigenvalue weighted by Crippen LogP contribution is 2.20. The van der Waals surface area contributed by atoms with Crippen molar-refractivity contribution in [2.45, 2.75) is 46.5 Å². The van der Waals surface area contributed by atoms with Crippen LogP contribution in [0.2, 0.25) is 0 Å². The Bertz CT molecular complexity index is 448. The Balaban J connectivity index is 2.47. The summed E-state index contributed by atoms with van der Waals surface area (Å²) in [6, 6.07) is 0. The fourth-order valence-corrected chi connectivity index (χ4v) is 2.30. The van der Waals surface area contributed by atoms with Gasteiger partial charge in [0.25, 0.3) is 0 Å². The van der Waals surface area contributed by atoms with Crippen LogP contribution in [-0.4, -0.2) is 0 Å². The van der Waals surface area contributed by atoms with E-state index in [-0.39, 0.29) is 5.41 Å². The van der Waals surface area contributed by atoms with Gasteiger partial charge in [0.15, 0.2) is 0 Å². The summed E-state index contributed by atoms with van der Waals surface area (Å²) in [7, 11) is 0. The van der Waals surface area contributed by atoms with Crippen molar-refractivity contribution in [2.75, 3.05) is 0 Å². The molecule has 1 aliphatic rings. The van der Waals surface area contributed by atoms with Crippen LogP contribution < -0.4 is 0 Å². The van der Waals surface area contributed by atoms with Crippen molar-refractivity contribution < 1.29 is 0 Å². The van der Waals surface area contributed by atoms with E-state index in [9.17, 15) is 0 Å². The average molecular weight is 268 g/mol. The highest BCUT2D eigenvalue weighted by atomic mass is 14.1. The first kappa shape index (κ1) is 16.5. The third kappa shape index (κ3) is 6.59. The molecule has 0 N–H and O–H groups in total. The molecule has 1 rings (SSSR count). The third-order valence-electron chi connectivity index (χ3n) is 3.61. The second kappa shape index (κ2) is 8.61. The van der Waals surface area contributed by atoms with Gasteiger partial charge in [-0.05, 0) is 43.3 Å². The fourth-order valence-electron chi connectivity index (χ4n) is 2.30. The minimum absolute atomic E-state index is 0.0471. The van der Waals surface area contributed by atoms with Gasteiger partial charge in [-0.15, -0.1) is 5.73 Å². The molecule has 0 aliphatic heterocycles. The molecule has 0 saturated heterocycles. The lowest BCUT2D eigenvalue weighted by Gasteiger charge is -2.12. The molecule has 0 radical (unpaired) electrons. The summed E-state index contributed by atoms with van der Waals surface area (Å²) < 4.78 is 0. The molecule has 0 nitrogen and oxygen atoms in total. The molecule has 108 valence electrons. The highest BCUT2D eigenvalue weighted by molar-refractivity contribution is 5.32. The molecule has 0 amide bonds. The molecule has 0 spiro atoms. The quantitative estimate of drug-likeness (QED) is 0.400. The SMILES string of the molecule is C=C=CC(C)(C)/C=C\C/C=C/C1=CCCC(CC)C=C1. The van der Waals surface area contributed by atoms with Crippen LogP contribution >= 0.6 is 0 Å². The van der Waals surface area contributed by atoms with Crippen LogP contribution in [-0.2, 0) is 0 Å². The van der Waals surface area contributed by atoms with Crippen molar-refractivity contribution in [3.8, 4) is 0 Å². The first-order chi connectivity index (χ1) is 9.57. The van der Waals surface area contributed by atoms with Crippen molar-refractivity contribution in [2.24, 2.45) is 11.3 Å². The summed E-state index contributed by atoms with van der Waals surface area (Å²) in [5.41, 5.74) is 4.25. The lowest BCUT2D eigenvalue weighted by Crippen LogP contribution is -2.00. The Morgan fingerprint density at radius 1 is 1.40 bits per heavy atom. The van der Waals surface area contributed by atoms with E-state index in [0.717, 1.165) is 12.3 Å². The Morgan fingerprint density at radius 2 is 2.20 bits per heavy atom. The molecule has 0 aromatic carbocycles. The zero-order valence-electron chi connectivity index (χ0n) is 13.2. The minimum Gasteiger partial charge on any atom is -0.132 e. The van der Waals surface area contributed by atoms with Crippen LogP contribution in [0.15, 0.2) is 66.5 Å². The van der Waals surface area contributed by atoms with E-state index < -0.39 is 0 Å². The smallest absolute Gasteiger partial charge is 0.00797 e. The van der Waals surface area contributed by atoms with Gasteiger partial charge in [0, 0.05) is 5.41 Å². The minimum atomic E-state index is 0.0471. The van der Waals surface area contributed by atoms with Crippen molar-refractivity contribution in [1.82, 2.24) is 0 Å². The van der Waals surface area contributed by atoms with Crippen LogP contribution in [0.5, 0.6) is 0 Å². The van der Waals surface area contributed by atoms with E-state index in [4.69, 9.17) is 0 Å². The molecule has 0 bridgehead atoms. The largest absolute Gasteiger partial charge is 0.132 e. The van der Waals surface area contributed by atoms with Crippen LogP contribution in [0.25, 0.3) is 0 Å². The van der Waals surface area contributed by atoms with Gasteiger partial charge in [0.2, 0.25) is 0 Å². The summed E-state index contributed by atoms with van der Waals surface area (Å²) in [5.74, 6) is 0.753. The number of allylic oxidation sites excluding steroid dienone is 9. The molecule has 1 aliphatic carbocycles. The maximum Gasteiger partial charge on any atom is 0.00797 e. The summed E-state index contributed by atoms with van der Waals surface area (Å²) >= 11 is 0. The molecule has 0 heterocycles. The standard InChI is InChI=1S/C20H28/c1-5-16-20(3,4)17-9-7-8-11-19-13-10-12-18(6-2)14-15-19/h8-9,11,13-18H,1,6-7,10,12H2,2-4H3/b11-8+,17-9-. The lowest BCUT2D eigenvalue weighted by atomic mass is 9.93. The van der Waals surface area contributed by atoms with Crippen LogP contribution in [0.4, 0.5) is 0 Å². The van der Waals surface area contributed by atoms with Gasteiger partial charge >= 0.3 is 0 Å². The molecular formula is C20H28. The van der Waals surface area contributed by atoms with Crippen LogP contribution in [0.1, 0.15) is 46.5 Å². The Hall–Kier alpha value is -1.52. The van der Waals surface area contributed by atoms with Gasteiger partial charge in [-0.1, -0.05) is 69.9 Å². The van der Waals surface area contributed by atoms with E-state index in [1.807, 2.05) is 6.08 Å². The first-order valence-electron chi connectivity index (χ1n) is 7.67. The van der Waals surface area contributed by atoms with Crippen LogP contribution in [0.3, 0.4) is 0 Å². The number of rotatable bonds is 6. The summed E-state index contributed by atoms with van der Waals surface area (Å²) in [6.07, 6.45) is 22.5. The Labute approximate surface area is 125 Å². The van der Waals surface area contributed by atoms with Crippen molar-refractivity contribution in [1.29, 1.82) is 0 Å².